The second-order valence-corrected chi connectivity index (χ2v) is 8.27. The van der Waals surface area contributed by atoms with Crippen LogP contribution in [0.5, 0.6) is 0 Å². The quantitative estimate of drug-likeness (QED) is 0.278. The normalized spacial score (nSPS) is 14.8. The summed E-state index contributed by atoms with van der Waals surface area (Å²) in [4.78, 5) is 39.0. The Morgan fingerprint density at radius 2 is 1.77 bits per heavy atom. The van der Waals surface area contributed by atoms with Crippen molar-refractivity contribution >= 4 is 34.4 Å². The molecule has 1 unspecified atom stereocenters. The molecule has 1 fully saturated rings. The molecule has 0 spiro atoms. The summed E-state index contributed by atoms with van der Waals surface area (Å²) in [6.07, 6.45) is 0. The summed E-state index contributed by atoms with van der Waals surface area (Å²) < 4.78 is 17.2. The van der Waals surface area contributed by atoms with E-state index in [1.807, 2.05) is 30.3 Å². The molecule has 1 aliphatic heterocycles. The van der Waals surface area contributed by atoms with Crippen molar-refractivity contribution in [1.82, 2.24) is 4.90 Å². The Balaban J connectivity index is 1.71. The number of carbonyl (C=O) groups is 2. The van der Waals surface area contributed by atoms with Gasteiger partial charge in [-0.2, -0.15) is 0 Å². The lowest BCUT2D eigenvalue weighted by Gasteiger charge is -2.36. The summed E-state index contributed by atoms with van der Waals surface area (Å²) in [5.41, 5.74) is 0.784. The number of nitrogens with zero attached hydrogens (tertiary/aromatic N) is 3. The molecule has 2 aromatic carbocycles. The molecule has 0 aromatic heterocycles. The van der Waals surface area contributed by atoms with Crippen LogP contribution in [-0.4, -0.2) is 64.8 Å². The third-order valence-corrected chi connectivity index (χ3v) is 6.22. The van der Waals surface area contributed by atoms with Crippen molar-refractivity contribution in [3.63, 3.8) is 0 Å². The average Bonchev–Trinajstić information content (AvgIpc) is 2.79. The third kappa shape index (κ3) is 5.53. The molecule has 10 heteroatoms. The van der Waals surface area contributed by atoms with E-state index in [4.69, 9.17) is 4.74 Å². The number of para-hydroxylation sites is 1. The molecule has 1 amide bonds. The predicted molar refractivity (Wildman–Crippen MR) is 116 cm³/mol. The first-order valence-electron chi connectivity index (χ1n) is 9.82. The first kappa shape index (κ1) is 22.6. The van der Waals surface area contributed by atoms with Crippen LogP contribution in [0.25, 0.3) is 0 Å². The molecule has 1 atom stereocenters. The number of piperazine rings is 1. The van der Waals surface area contributed by atoms with Crippen molar-refractivity contribution in [1.29, 1.82) is 0 Å². The molecular weight excluding hydrogens is 422 g/mol. The number of anilines is 1. The number of hydrogen-bond acceptors (Lipinski definition) is 7. The van der Waals surface area contributed by atoms with Gasteiger partial charge in [0, 0.05) is 60.7 Å². The highest BCUT2D eigenvalue weighted by molar-refractivity contribution is 7.92. The lowest BCUT2D eigenvalue weighted by atomic mass is 10.1. The molecule has 9 nitrogen and oxygen atoms in total. The highest BCUT2D eigenvalue weighted by Crippen LogP contribution is 2.27. The molecule has 0 radical (unpaired) electrons. The Morgan fingerprint density at radius 1 is 1.10 bits per heavy atom. The lowest BCUT2D eigenvalue weighted by molar-refractivity contribution is -0.387. The van der Waals surface area contributed by atoms with Gasteiger partial charge in [-0.15, -0.1) is 0 Å². The average molecular weight is 445 g/mol. The van der Waals surface area contributed by atoms with E-state index in [0.29, 0.717) is 26.2 Å². The topological polar surface area (TPSA) is 116 Å². The van der Waals surface area contributed by atoms with Crippen LogP contribution in [0.4, 0.5) is 11.4 Å². The fraction of sp³-hybridized carbons (Fsp3) is 0.333. The Bertz CT molecular complexity index is 947. The van der Waals surface area contributed by atoms with Crippen LogP contribution in [0.1, 0.15) is 17.3 Å². The molecule has 164 valence electrons. The van der Waals surface area contributed by atoms with E-state index in [1.54, 1.807) is 11.8 Å². The molecule has 2 aromatic rings. The Morgan fingerprint density at radius 3 is 2.39 bits per heavy atom. The van der Waals surface area contributed by atoms with Crippen LogP contribution in [0.3, 0.4) is 0 Å². The highest BCUT2D eigenvalue weighted by atomic mass is 32.2. The molecule has 1 aliphatic rings. The van der Waals surface area contributed by atoms with Gasteiger partial charge in [-0.3, -0.25) is 14.9 Å². The SMILES string of the molecule is CCOC(=O)C[S+]([O-])c1ccc(C(=O)N2CCN(c3ccccc3)CC2)cc1[N+](=O)[O-]. The van der Waals surface area contributed by atoms with Gasteiger partial charge in [-0.25, -0.2) is 4.79 Å². The minimum Gasteiger partial charge on any atom is -0.611 e. The van der Waals surface area contributed by atoms with Gasteiger partial charge < -0.3 is 19.1 Å². The van der Waals surface area contributed by atoms with Gasteiger partial charge in [0.05, 0.1) is 11.5 Å². The van der Waals surface area contributed by atoms with E-state index >= 15 is 0 Å². The molecule has 0 bridgehead atoms. The van der Waals surface area contributed by atoms with Crippen LogP contribution in [0.15, 0.2) is 53.4 Å². The molecule has 0 N–H and O–H groups in total. The molecular formula is C21H23N3O6S. The number of carbonyl (C=O) groups excluding carboxylic acids is 2. The number of amides is 1. The van der Waals surface area contributed by atoms with Crippen molar-refractivity contribution in [2.24, 2.45) is 0 Å². The van der Waals surface area contributed by atoms with Crippen LogP contribution >= 0.6 is 0 Å². The van der Waals surface area contributed by atoms with Gasteiger partial charge in [0.15, 0.2) is 0 Å². The fourth-order valence-electron chi connectivity index (χ4n) is 3.36. The number of rotatable bonds is 7. The van der Waals surface area contributed by atoms with Crippen LogP contribution < -0.4 is 4.90 Å². The van der Waals surface area contributed by atoms with E-state index in [2.05, 4.69) is 4.90 Å². The zero-order valence-corrected chi connectivity index (χ0v) is 17.9. The fourth-order valence-corrected chi connectivity index (χ4v) is 4.40. The van der Waals surface area contributed by atoms with Crippen molar-refractivity contribution in [3.8, 4) is 0 Å². The maximum absolute atomic E-state index is 12.9. The van der Waals surface area contributed by atoms with E-state index < -0.39 is 33.5 Å². The maximum Gasteiger partial charge on any atom is 0.356 e. The summed E-state index contributed by atoms with van der Waals surface area (Å²) in [6, 6.07) is 13.7. The van der Waals surface area contributed by atoms with E-state index in [1.165, 1.54) is 12.1 Å². The molecule has 0 saturated carbocycles. The summed E-state index contributed by atoms with van der Waals surface area (Å²) in [5.74, 6) is -1.51. The van der Waals surface area contributed by atoms with Crippen LogP contribution in [0.2, 0.25) is 0 Å². The monoisotopic (exact) mass is 445 g/mol. The largest absolute Gasteiger partial charge is 0.611 e. The number of benzene rings is 2. The van der Waals surface area contributed by atoms with Gasteiger partial charge in [0.2, 0.25) is 10.6 Å². The Kier molecular flexibility index (Phi) is 7.48. The lowest BCUT2D eigenvalue weighted by Crippen LogP contribution is -2.48. The van der Waals surface area contributed by atoms with E-state index in [0.717, 1.165) is 11.8 Å². The minimum atomic E-state index is -1.95. The van der Waals surface area contributed by atoms with E-state index in [-0.39, 0.29) is 23.0 Å². The van der Waals surface area contributed by atoms with E-state index in [9.17, 15) is 24.3 Å². The highest BCUT2D eigenvalue weighted by Gasteiger charge is 2.30. The third-order valence-electron chi connectivity index (χ3n) is 4.89. The predicted octanol–water partition coefficient (Wildman–Crippen LogP) is 2.23. The zero-order valence-electron chi connectivity index (χ0n) is 17.1. The van der Waals surface area contributed by atoms with Gasteiger partial charge in [-0.05, 0) is 25.1 Å². The number of nitro groups is 1. The first-order valence-corrected chi connectivity index (χ1v) is 11.1. The first-order chi connectivity index (χ1) is 14.9. The van der Waals surface area contributed by atoms with Crippen molar-refractivity contribution < 1.29 is 23.8 Å². The summed E-state index contributed by atoms with van der Waals surface area (Å²) in [5, 5.41) is 11.5. The second kappa shape index (κ2) is 10.3. The Labute approximate surface area is 182 Å². The smallest absolute Gasteiger partial charge is 0.356 e. The van der Waals surface area contributed by atoms with Crippen LogP contribution in [0, 0.1) is 10.1 Å². The van der Waals surface area contributed by atoms with Gasteiger partial charge in [0.25, 0.3) is 5.91 Å². The van der Waals surface area contributed by atoms with Gasteiger partial charge in [-0.1, -0.05) is 18.2 Å². The molecule has 1 heterocycles. The maximum atomic E-state index is 12.9. The molecule has 1 saturated heterocycles. The van der Waals surface area contributed by atoms with Gasteiger partial charge >= 0.3 is 11.7 Å². The summed E-state index contributed by atoms with van der Waals surface area (Å²) >= 11 is -1.95. The van der Waals surface area contributed by atoms with Crippen molar-refractivity contribution in [3.05, 3.63) is 64.2 Å². The Hall–Kier alpha value is -3.11. The number of esters is 1. The second-order valence-electron chi connectivity index (χ2n) is 6.85. The summed E-state index contributed by atoms with van der Waals surface area (Å²) in [7, 11) is 0. The van der Waals surface area contributed by atoms with Crippen LogP contribution in [-0.2, 0) is 20.7 Å². The number of nitro benzene ring substituents is 1. The number of ether oxygens (including phenoxy) is 1. The summed E-state index contributed by atoms with van der Waals surface area (Å²) in [6.45, 7) is 4.02. The molecule has 0 aliphatic carbocycles. The minimum absolute atomic E-state index is 0.108. The molecule has 3 rings (SSSR count). The number of hydrogen-bond donors (Lipinski definition) is 0. The van der Waals surface area contributed by atoms with Crippen molar-refractivity contribution in [2.75, 3.05) is 43.4 Å². The van der Waals surface area contributed by atoms with Crippen molar-refractivity contribution in [2.45, 2.75) is 11.8 Å². The standard InChI is InChI=1S/C21H23N3O6S/c1-2-30-20(25)15-31(29)19-9-8-16(14-18(19)24(27)28)21(26)23-12-10-22(11-13-23)17-6-4-3-5-7-17/h3-9,14H,2,10-13,15H2,1H3. The molecule has 31 heavy (non-hydrogen) atoms. The zero-order chi connectivity index (χ0) is 22.4. The van der Waals surface area contributed by atoms with Gasteiger partial charge in [0.1, 0.15) is 0 Å².